The van der Waals surface area contributed by atoms with Crippen LogP contribution < -0.4 is 5.32 Å². The molecule has 2 nitrogen and oxygen atoms in total. The second-order valence-electron chi connectivity index (χ2n) is 8.23. The van der Waals surface area contributed by atoms with Gasteiger partial charge in [0.1, 0.15) is 0 Å². The highest BCUT2D eigenvalue weighted by Gasteiger charge is 2.63. The van der Waals surface area contributed by atoms with Crippen LogP contribution in [0.25, 0.3) is 6.08 Å². The van der Waals surface area contributed by atoms with Crippen molar-refractivity contribution in [2.75, 3.05) is 12.4 Å². The van der Waals surface area contributed by atoms with Crippen molar-refractivity contribution in [2.24, 2.45) is 16.7 Å². The number of aryl methyl sites for hydroxylation is 1. The Balaban J connectivity index is 2.15. The van der Waals surface area contributed by atoms with Crippen LogP contribution in [0.3, 0.4) is 0 Å². The fraction of sp³-hybridized carbons (Fsp3) is 0.571. The molecule has 0 aromatic heterocycles. The molecule has 0 saturated heterocycles. The number of Topliss-reactive ketones (excluding diaryl/α,β-unsaturated/α-hetero) is 1. The first-order valence-corrected chi connectivity index (χ1v) is 8.70. The molecule has 2 aliphatic carbocycles. The van der Waals surface area contributed by atoms with E-state index >= 15 is 0 Å². The summed E-state index contributed by atoms with van der Waals surface area (Å²) in [5.41, 5.74) is 7.16. The van der Waals surface area contributed by atoms with E-state index in [4.69, 9.17) is 0 Å². The Morgan fingerprint density at radius 1 is 1.17 bits per heavy atom. The summed E-state index contributed by atoms with van der Waals surface area (Å²) in [6.07, 6.45) is 4.39. The highest BCUT2D eigenvalue weighted by Crippen LogP contribution is 2.65. The molecule has 2 unspecified atom stereocenters. The molecule has 2 aliphatic rings. The van der Waals surface area contributed by atoms with Gasteiger partial charge in [-0.15, -0.1) is 0 Å². The molecule has 0 aliphatic heterocycles. The molecule has 0 radical (unpaired) electrons. The first-order valence-electron chi connectivity index (χ1n) is 8.70. The first-order chi connectivity index (χ1) is 10.6. The molecule has 1 aromatic carbocycles. The lowest BCUT2D eigenvalue weighted by Crippen LogP contribution is -2.32. The van der Waals surface area contributed by atoms with Crippen molar-refractivity contribution in [3.05, 3.63) is 33.9 Å². The Morgan fingerprint density at radius 3 is 2.35 bits per heavy atom. The lowest BCUT2D eigenvalue weighted by molar-refractivity contribution is -0.125. The van der Waals surface area contributed by atoms with Gasteiger partial charge in [0, 0.05) is 18.2 Å². The second-order valence-corrected chi connectivity index (χ2v) is 8.23. The zero-order valence-electron chi connectivity index (χ0n) is 15.6. The van der Waals surface area contributed by atoms with E-state index in [-0.39, 0.29) is 10.8 Å². The van der Waals surface area contributed by atoms with Crippen LogP contribution in [0.15, 0.2) is 11.6 Å². The summed E-state index contributed by atoms with van der Waals surface area (Å²) in [5, 5.41) is 3.27. The van der Waals surface area contributed by atoms with Crippen LogP contribution in [-0.4, -0.2) is 12.8 Å². The summed E-state index contributed by atoms with van der Waals surface area (Å²) in [7, 11) is 1.96. The van der Waals surface area contributed by atoms with Crippen LogP contribution in [-0.2, 0) is 4.79 Å². The molecule has 3 rings (SSSR count). The van der Waals surface area contributed by atoms with Gasteiger partial charge in [-0.2, -0.15) is 0 Å². The molecule has 23 heavy (non-hydrogen) atoms. The molecule has 2 saturated carbocycles. The molecule has 2 fully saturated rings. The summed E-state index contributed by atoms with van der Waals surface area (Å²) in [6.45, 7) is 13.2. The maximum Gasteiger partial charge on any atom is 0.165 e. The van der Waals surface area contributed by atoms with Crippen LogP contribution >= 0.6 is 0 Å². The lowest BCUT2D eigenvalue weighted by atomic mass is 9.70. The van der Waals surface area contributed by atoms with E-state index in [0.29, 0.717) is 11.7 Å². The van der Waals surface area contributed by atoms with Crippen LogP contribution in [0.4, 0.5) is 5.69 Å². The van der Waals surface area contributed by atoms with Gasteiger partial charge >= 0.3 is 0 Å². The fourth-order valence-electron chi connectivity index (χ4n) is 4.83. The Morgan fingerprint density at radius 2 is 1.83 bits per heavy atom. The number of carbonyl (C=O) groups excluding carboxylic acids is 1. The molecule has 124 valence electrons. The fourth-order valence-corrected chi connectivity index (χ4v) is 4.83. The smallest absolute Gasteiger partial charge is 0.165 e. The Hall–Kier alpha value is -1.57. The third-order valence-electron chi connectivity index (χ3n) is 7.09. The number of ketones is 1. The van der Waals surface area contributed by atoms with E-state index in [1.807, 2.05) is 7.05 Å². The minimum absolute atomic E-state index is 0.0810. The summed E-state index contributed by atoms with van der Waals surface area (Å²) in [4.78, 5) is 13.1. The van der Waals surface area contributed by atoms with Gasteiger partial charge in [-0.1, -0.05) is 20.8 Å². The predicted molar refractivity (Wildman–Crippen MR) is 97.8 cm³/mol. The van der Waals surface area contributed by atoms with Gasteiger partial charge in [-0.3, -0.25) is 4.79 Å². The number of hydrogen-bond acceptors (Lipinski definition) is 2. The maximum absolute atomic E-state index is 13.1. The molecule has 2 heteroatoms. The summed E-state index contributed by atoms with van der Waals surface area (Å²) < 4.78 is 0. The number of nitrogens with one attached hydrogen (secondary N) is 1. The summed E-state index contributed by atoms with van der Waals surface area (Å²) in [6, 6.07) is 2.19. The number of carbonyl (C=O) groups is 1. The van der Waals surface area contributed by atoms with E-state index < -0.39 is 0 Å². The Bertz CT molecular complexity index is 726. The van der Waals surface area contributed by atoms with Crippen molar-refractivity contribution in [3.8, 4) is 0 Å². The molecule has 1 aromatic rings. The zero-order valence-corrected chi connectivity index (χ0v) is 15.6. The van der Waals surface area contributed by atoms with Crippen molar-refractivity contribution in [2.45, 2.75) is 54.4 Å². The van der Waals surface area contributed by atoms with Gasteiger partial charge in [-0.05, 0) is 84.9 Å². The van der Waals surface area contributed by atoms with E-state index in [1.54, 1.807) is 0 Å². The molecule has 2 atom stereocenters. The average Bonchev–Trinajstić information content (AvgIpc) is 2.80. The van der Waals surface area contributed by atoms with Crippen LogP contribution in [0.1, 0.15) is 55.9 Å². The van der Waals surface area contributed by atoms with Gasteiger partial charge in [0.05, 0.1) is 0 Å². The molecule has 0 amide bonds. The van der Waals surface area contributed by atoms with Gasteiger partial charge in [0.25, 0.3) is 0 Å². The van der Waals surface area contributed by atoms with E-state index in [2.05, 4.69) is 59.0 Å². The number of allylic oxidation sites excluding steroid dienone is 1. The SMILES string of the molecule is CNc1cc(C)c(C=C2C(=O)C3(C)CCC2C3(C)C)c(C)c1C. The summed E-state index contributed by atoms with van der Waals surface area (Å²) in [5.74, 6) is 0.788. The Labute approximate surface area is 140 Å². The summed E-state index contributed by atoms with van der Waals surface area (Å²) >= 11 is 0. The average molecular weight is 311 g/mol. The van der Waals surface area contributed by atoms with Gasteiger partial charge in [-0.25, -0.2) is 0 Å². The van der Waals surface area contributed by atoms with Gasteiger partial charge in [0.15, 0.2) is 5.78 Å². The standard InChI is InChI=1S/C21H29NO/c1-12-10-18(22-7)14(3)13(2)15(12)11-16-17-8-9-21(6,19(16)23)20(17,4)5/h10-11,17,22H,8-9H2,1-7H3. The molecular formula is C21H29NO. The molecule has 0 heterocycles. The Kier molecular flexibility index (Phi) is 3.51. The highest BCUT2D eigenvalue weighted by atomic mass is 16.1. The van der Waals surface area contributed by atoms with Crippen molar-refractivity contribution in [1.29, 1.82) is 0 Å². The predicted octanol–water partition coefficient (Wildman–Crippen LogP) is 5.06. The topological polar surface area (TPSA) is 29.1 Å². The van der Waals surface area contributed by atoms with Crippen molar-refractivity contribution >= 4 is 17.5 Å². The van der Waals surface area contributed by atoms with Crippen molar-refractivity contribution in [3.63, 3.8) is 0 Å². The zero-order chi connectivity index (χ0) is 17.2. The number of rotatable bonds is 2. The largest absolute Gasteiger partial charge is 0.388 e. The number of benzene rings is 1. The second kappa shape index (κ2) is 4.96. The molecule has 1 N–H and O–H groups in total. The minimum atomic E-state index is -0.175. The monoisotopic (exact) mass is 311 g/mol. The third-order valence-corrected chi connectivity index (χ3v) is 7.09. The third kappa shape index (κ3) is 1.96. The highest BCUT2D eigenvalue weighted by molar-refractivity contribution is 6.08. The number of fused-ring (bicyclic) bond motifs is 2. The van der Waals surface area contributed by atoms with Gasteiger partial charge < -0.3 is 5.32 Å². The maximum atomic E-state index is 13.1. The normalized spacial score (nSPS) is 30.3. The molecule has 2 bridgehead atoms. The van der Waals surface area contributed by atoms with Crippen molar-refractivity contribution < 1.29 is 4.79 Å². The van der Waals surface area contributed by atoms with Crippen LogP contribution in [0.5, 0.6) is 0 Å². The van der Waals surface area contributed by atoms with E-state index in [9.17, 15) is 4.79 Å². The molecule has 0 spiro atoms. The van der Waals surface area contributed by atoms with Crippen LogP contribution in [0.2, 0.25) is 0 Å². The number of anilines is 1. The number of hydrogen-bond donors (Lipinski definition) is 1. The van der Waals surface area contributed by atoms with Gasteiger partial charge in [0.2, 0.25) is 0 Å². The van der Waals surface area contributed by atoms with E-state index in [0.717, 1.165) is 18.4 Å². The first kappa shape index (κ1) is 16.3. The van der Waals surface area contributed by atoms with E-state index in [1.165, 1.54) is 27.9 Å². The lowest BCUT2D eigenvalue weighted by Gasteiger charge is -2.31. The van der Waals surface area contributed by atoms with Crippen molar-refractivity contribution in [1.82, 2.24) is 0 Å². The minimum Gasteiger partial charge on any atom is -0.388 e. The van der Waals surface area contributed by atoms with Crippen LogP contribution in [0, 0.1) is 37.5 Å². The molecular weight excluding hydrogens is 282 g/mol. The quantitative estimate of drug-likeness (QED) is 0.773.